The van der Waals surface area contributed by atoms with Crippen molar-refractivity contribution in [2.24, 2.45) is 5.73 Å². The van der Waals surface area contributed by atoms with Crippen molar-refractivity contribution in [2.45, 2.75) is 32.7 Å². The Morgan fingerprint density at radius 1 is 1.39 bits per heavy atom. The van der Waals surface area contributed by atoms with Crippen LogP contribution >= 0.6 is 0 Å². The van der Waals surface area contributed by atoms with Gasteiger partial charge in [-0.2, -0.15) is 0 Å². The second-order valence-electron chi connectivity index (χ2n) is 4.41. The van der Waals surface area contributed by atoms with Gasteiger partial charge in [-0.25, -0.2) is 0 Å². The van der Waals surface area contributed by atoms with Crippen LogP contribution in [0.4, 0.5) is 5.82 Å². The third-order valence-corrected chi connectivity index (χ3v) is 2.90. The summed E-state index contributed by atoms with van der Waals surface area (Å²) in [6, 6.07) is 3.38. The molecule has 100 valence electrons. The standard InChI is InChI=1S/C12H21N5O/c1-4-12(3,8-13)15-10-7-6-9(16-17-10)11(18)14-5-2/h6-7H,4-5,8,13H2,1-3H3,(H,14,18)(H,15,17). The van der Waals surface area contributed by atoms with Gasteiger partial charge in [-0.15, -0.1) is 10.2 Å². The van der Waals surface area contributed by atoms with E-state index in [2.05, 4.69) is 27.8 Å². The van der Waals surface area contributed by atoms with Crippen LogP contribution in [0.3, 0.4) is 0 Å². The normalized spacial score (nSPS) is 13.8. The molecule has 0 saturated heterocycles. The molecule has 0 aromatic carbocycles. The Bertz CT molecular complexity index is 386. The van der Waals surface area contributed by atoms with Crippen LogP contribution in [-0.4, -0.2) is 34.7 Å². The lowest BCUT2D eigenvalue weighted by atomic mass is 9.99. The number of nitrogens with two attached hydrogens (primary N) is 1. The summed E-state index contributed by atoms with van der Waals surface area (Å²) in [5.74, 6) is 0.409. The fraction of sp³-hybridized carbons (Fsp3) is 0.583. The molecule has 1 aromatic heterocycles. The molecule has 1 aromatic rings. The SMILES string of the molecule is CCNC(=O)c1ccc(NC(C)(CC)CN)nn1. The lowest BCUT2D eigenvalue weighted by Gasteiger charge is -2.28. The van der Waals surface area contributed by atoms with Gasteiger partial charge in [0, 0.05) is 18.6 Å². The molecule has 0 aliphatic rings. The summed E-state index contributed by atoms with van der Waals surface area (Å²) in [4.78, 5) is 11.5. The van der Waals surface area contributed by atoms with E-state index in [4.69, 9.17) is 5.73 Å². The largest absolute Gasteiger partial charge is 0.362 e. The number of rotatable bonds is 6. The minimum atomic E-state index is -0.214. The van der Waals surface area contributed by atoms with Crippen LogP contribution in [0.2, 0.25) is 0 Å². The monoisotopic (exact) mass is 251 g/mol. The van der Waals surface area contributed by atoms with Crippen LogP contribution in [0.15, 0.2) is 12.1 Å². The molecule has 0 radical (unpaired) electrons. The molecule has 0 spiro atoms. The molecular formula is C12H21N5O. The highest BCUT2D eigenvalue weighted by molar-refractivity contribution is 5.92. The van der Waals surface area contributed by atoms with Crippen molar-refractivity contribution in [3.05, 3.63) is 17.8 Å². The topological polar surface area (TPSA) is 92.9 Å². The van der Waals surface area contributed by atoms with Gasteiger partial charge in [-0.05, 0) is 32.4 Å². The van der Waals surface area contributed by atoms with E-state index < -0.39 is 0 Å². The molecule has 1 unspecified atom stereocenters. The highest BCUT2D eigenvalue weighted by Gasteiger charge is 2.20. The minimum absolute atomic E-state index is 0.206. The quantitative estimate of drug-likeness (QED) is 0.694. The maximum atomic E-state index is 11.5. The Morgan fingerprint density at radius 3 is 2.56 bits per heavy atom. The second kappa shape index (κ2) is 6.30. The maximum Gasteiger partial charge on any atom is 0.271 e. The number of carbonyl (C=O) groups excluding carboxylic acids is 1. The van der Waals surface area contributed by atoms with E-state index in [0.717, 1.165) is 6.42 Å². The van der Waals surface area contributed by atoms with Crippen LogP contribution in [0.5, 0.6) is 0 Å². The molecule has 0 bridgehead atoms. The van der Waals surface area contributed by atoms with E-state index in [-0.39, 0.29) is 11.4 Å². The smallest absolute Gasteiger partial charge is 0.271 e. The summed E-state index contributed by atoms with van der Waals surface area (Å²) in [7, 11) is 0. The zero-order valence-electron chi connectivity index (χ0n) is 11.2. The number of nitrogens with one attached hydrogen (secondary N) is 2. The molecule has 1 amide bonds. The predicted octanol–water partition coefficient (Wildman–Crippen LogP) is 0.766. The van der Waals surface area contributed by atoms with Crippen LogP contribution in [-0.2, 0) is 0 Å². The first-order valence-corrected chi connectivity index (χ1v) is 6.15. The first-order chi connectivity index (χ1) is 8.54. The van der Waals surface area contributed by atoms with Crippen molar-refractivity contribution in [1.82, 2.24) is 15.5 Å². The van der Waals surface area contributed by atoms with E-state index in [1.54, 1.807) is 12.1 Å². The minimum Gasteiger partial charge on any atom is -0.362 e. The number of nitrogens with zero attached hydrogens (tertiary/aromatic N) is 2. The number of hydrogen-bond acceptors (Lipinski definition) is 5. The molecular weight excluding hydrogens is 230 g/mol. The molecule has 18 heavy (non-hydrogen) atoms. The zero-order chi connectivity index (χ0) is 13.6. The van der Waals surface area contributed by atoms with E-state index >= 15 is 0 Å². The predicted molar refractivity (Wildman–Crippen MR) is 71.4 cm³/mol. The van der Waals surface area contributed by atoms with Crippen molar-refractivity contribution < 1.29 is 4.79 Å². The highest BCUT2D eigenvalue weighted by Crippen LogP contribution is 2.14. The van der Waals surface area contributed by atoms with Gasteiger partial charge >= 0.3 is 0 Å². The molecule has 1 heterocycles. The Labute approximate surface area is 107 Å². The van der Waals surface area contributed by atoms with E-state index in [1.165, 1.54) is 0 Å². The van der Waals surface area contributed by atoms with Crippen LogP contribution in [0.1, 0.15) is 37.7 Å². The summed E-state index contributed by atoms with van der Waals surface area (Å²) in [6.07, 6.45) is 0.878. The first-order valence-electron chi connectivity index (χ1n) is 6.15. The van der Waals surface area contributed by atoms with Gasteiger partial charge in [0.05, 0.1) is 0 Å². The number of aromatic nitrogens is 2. The third-order valence-electron chi connectivity index (χ3n) is 2.90. The lowest BCUT2D eigenvalue weighted by Crippen LogP contribution is -2.42. The fourth-order valence-electron chi connectivity index (χ4n) is 1.36. The van der Waals surface area contributed by atoms with E-state index in [1.807, 2.05) is 13.8 Å². The summed E-state index contributed by atoms with van der Waals surface area (Å²) >= 11 is 0. The molecule has 4 N–H and O–H groups in total. The Balaban J connectivity index is 2.74. The first kappa shape index (κ1) is 14.4. The van der Waals surface area contributed by atoms with Crippen molar-refractivity contribution in [3.63, 3.8) is 0 Å². The number of hydrogen-bond donors (Lipinski definition) is 3. The fourth-order valence-corrected chi connectivity index (χ4v) is 1.36. The van der Waals surface area contributed by atoms with Gasteiger partial charge in [0.2, 0.25) is 0 Å². The molecule has 0 aliphatic carbocycles. The molecule has 0 saturated carbocycles. The lowest BCUT2D eigenvalue weighted by molar-refractivity contribution is 0.0950. The van der Waals surface area contributed by atoms with Crippen molar-refractivity contribution in [2.75, 3.05) is 18.4 Å². The van der Waals surface area contributed by atoms with Crippen LogP contribution in [0, 0.1) is 0 Å². The molecule has 0 fully saturated rings. The van der Waals surface area contributed by atoms with Crippen LogP contribution in [0.25, 0.3) is 0 Å². The second-order valence-corrected chi connectivity index (χ2v) is 4.41. The van der Waals surface area contributed by atoms with Crippen molar-refractivity contribution >= 4 is 11.7 Å². The van der Waals surface area contributed by atoms with Crippen LogP contribution < -0.4 is 16.4 Å². The highest BCUT2D eigenvalue weighted by atomic mass is 16.1. The number of carbonyl (C=O) groups is 1. The summed E-state index contributed by atoms with van der Waals surface area (Å²) in [6.45, 7) is 7.00. The number of anilines is 1. The van der Waals surface area contributed by atoms with Crippen molar-refractivity contribution in [1.29, 1.82) is 0 Å². The zero-order valence-corrected chi connectivity index (χ0v) is 11.2. The molecule has 6 nitrogen and oxygen atoms in total. The Kier molecular flexibility index (Phi) is 5.03. The molecule has 6 heteroatoms. The van der Waals surface area contributed by atoms with E-state index in [0.29, 0.717) is 24.6 Å². The van der Waals surface area contributed by atoms with Gasteiger partial charge in [-0.3, -0.25) is 4.79 Å². The molecule has 1 atom stereocenters. The van der Waals surface area contributed by atoms with Gasteiger partial charge in [0.15, 0.2) is 5.69 Å². The summed E-state index contributed by atoms with van der Waals surface area (Å²) in [5, 5.41) is 13.8. The van der Waals surface area contributed by atoms with E-state index in [9.17, 15) is 4.79 Å². The number of amides is 1. The molecule has 0 aliphatic heterocycles. The third kappa shape index (κ3) is 3.66. The van der Waals surface area contributed by atoms with Gasteiger partial charge in [0.25, 0.3) is 5.91 Å². The van der Waals surface area contributed by atoms with Gasteiger partial charge < -0.3 is 16.4 Å². The van der Waals surface area contributed by atoms with Crippen molar-refractivity contribution in [3.8, 4) is 0 Å². The summed E-state index contributed by atoms with van der Waals surface area (Å²) < 4.78 is 0. The van der Waals surface area contributed by atoms with Gasteiger partial charge in [0.1, 0.15) is 5.82 Å². The average Bonchev–Trinajstić information content (AvgIpc) is 2.39. The molecule has 1 rings (SSSR count). The summed E-state index contributed by atoms with van der Waals surface area (Å²) in [5.41, 5.74) is 5.82. The Hall–Kier alpha value is -1.69. The average molecular weight is 251 g/mol. The van der Waals surface area contributed by atoms with Gasteiger partial charge in [-0.1, -0.05) is 6.92 Å². The Morgan fingerprint density at radius 2 is 2.11 bits per heavy atom. The maximum absolute atomic E-state index is 11.5.